The Morgan fingerprint density at radius 2 is 1.76 bits per heavy atom. The van der Waals surface area contributed by atoms with Crippen molar-refractivity contribution < 1.29 is 40.7 Å². The second-order valence-corrected chi connectivity index (χ2v) is 10.0. The predicted octanol–water partition coefficient (Wildman–Crippen LogP) is 4.05. The van der Waals surface area contributed by atoms with Crippen LogP contribution in [0.15, 0.2) is 12.1 Å². The molecular weight excluding hydrogens is 504 g/mol. The molecule has 2 heterocycles. The van der Waals surface area contributed by atoms with Crippen molar-refractivity contribution in [3.05, 3.63) is 34.4 Å². The molecule has 2 unspecified atom stereocenters. The predicted molar refractivity (Wildman–Crippen MR) is 121 cm³/mol. The summed E-state index contributed by atoms with van der Waals surface area (Å²) in [4.78, 5) is 28.1. The van der Waals surface area contributed by atoms with Gasteiger partial charge in [-0.1, -0.05) is 0 Å². The van der Waals surface area contributed by atoms with E-state index in [1.54, 1.807) is 7.05 Å². The molecule has 0 aromatic heterocycles. The minimum atomic E-state index is -5.02. The number of nitrogens with one attached hydrogen (secondary N) is 1. The molecule has 2 fully saturated rings. The third kappa shape index (κ3) is 6.05. The fourth-order valence-corrected chi connectivity index (χ4v) is 5.92. The third-order valence-corrected chi connectivity index (χ3v) is 7.64. The minimum absolute atomic E-state index is 0.0150. The number of alkyl halides is 6. The van der Waals surface area contributed by atoms with Gasteiger partial charge in [0.25, 0.3) is 0 Å². The summed E-state index contributed by atoms with van der Waals surface area (Å²) in [6.45, 7) is 1.13. The molecule has 206 valence electrons. The zero-order chi connectivity index (χ0) is 27.0. The first-order valence-electron chi connectivity index (χ1n) is 12.5. The highest BCUT2D eigenvalue weighted by Gasteiger charge is 2.49. The second-order valence-electron chi connectivity index (χ2n) is 10.0. The SMILES string of the molecule is CNCc1cc(C(F)(F)F)cc2c1CCN(C(=O)C1CCC(N(C(=O)C(F)(F)F)C3CCOCC3)C1)C2. The maximum Gasteiger partial charge on any atom is 0.471 e. The van der Waals surface area contributed by atoms with E-state index in [0.29, 0.717) is 43.4 Å². The molecule has 1 aromatic carbocycles. The molecule has 37 heavy (non-hydrogen) atoms. The van der Waals surface area contributed by atoms with Crippen LogP contribution in [0, 0.1) is 5.92 Å². The summed E-state index contributed by atoms with van der Waals surface area (Å²) in [6.07, 6.45) is -7.84. The molecule has 2 atom stereocenters. The Labute approximate surface area is 211 Å². The van der Waals surface area contributed by atoms with E-state index in [1.807, 2.05) is 0 Å². The number of rotatable bonds is 5. The first-order valence-corrected chi connectivity index (χ1v) is 12.5. The molecule has 0 bridgehead atoms. The van der Waals surface area contributed by atoms with Gasteiger partial charge in [-0.2, -0.15) is 26.3 Å². The van der Waals surface area contributed by atoms with Crippen molar-refractivity contribution in [1.29, 1.82) is 0 Å². The van der Waals surface area contributed by atoms with Crippen molar-refractivity contribution >= 4 is 11.8 Å². The van der Waals surface area contributed by atoms with Crippen molar-refractivity contribution in [2.45, 2.75) is 76.1 Å². The highest BCUT2D eigenvalue weighted by molar-refractivity contribution is 5.83. The van der Waals surface area contributed by atoms with Gasteiger partial charge in [-0.05, 0) is 74.4 Å². The molecule has 1 aliphatic carbocycles. The van der Waals surface area contributed by atoms with Crippen LogP contribution in [-0.4, -0.2) is 66.7 Å². The molecule has 3 aliphatic rings. The van der Waals surface area contributed by atoms with Gasteiger partial charge in [0.05, 0.1) is 5.56 Å². The fraction of sp³-hybridized carbons (Fsp3) is 0.680. The monoisotopic (exact) mass is 535 g/mol. The average Bonchev–Trinajstić information content (AvgIpc) is 3.32. The highest BCUT2D eigenvalue weighted by Crippen LogP contribution is 2.38. The summed E-state index contributed by atoms with van der Waals surface area (Å²) in [5.74, 6) is -2.76. The number of hydrogen-bond acceptors (Lipinski definition) is 4. The number of amides is 2. The molecular formula is C25H31F6N3O3. The van der Waals surface area contributed by atoms with E-state index in [0.717, 1.165) is 22.6 Å². The van der Waals surface area contributed by atoms with E-state index >= 15 is 0 Å². The van der Waals surface area contributed by atoms with Gasteiger partial charge in [-0.25, -0.2) is 0 Å². The van der Waals surface area contributed by atoms with Crippen molar-refractivity contribution in [2.24, 2.45) is 5.92 Å². The summed E-state index contributed by atoms with van der Waals surface area (Å²) < 4.78 is 85.9. The normalized spacial score (nSPS) is 23.2. The Balaban J connectivity index is 1.50. The van der Waals surface area contributed by atoms with Gasteiger partial charge in [0.2, 0.25) is 5.91 Å². The standard InChI is InChI=1S/C25H31F6N3O3/c1-32-13-16-10-18(24(26,27)28)11-17-14-33(7-4-21(16)17)22(35)15-2-3-20(12-15)34(23(36)25(29,30)31)19-5-8-37-9-6-19/h10-11,15,19-20,32H,2-9,12-14H2,1H3. The first kappa shape index (κ1) is 27.7. The summed E-state index contributed by atoms with van der Waals surface area (Å²) in [7, 11) is 1.65. The number of carbonyl (C=O) groups excluding carboxylic acids is 2. The molecule has 6 nitrogen and oxygen atoms in total. The Hall–Kier alpha value is -2.34. The van der Waals surface area contributed by atoms with E-state index in [9.17, 15) is 35.9 Å². The molecule has 0 spiro atoms. The number of carbonyl (C=O) groups is 2. The maximum absolute atomic E-state index is 13.5. The Morgan fingerprint density at radius 1 is 1.05 bits per heavy atom. The average molecular weight is 536 g/mol. The molecule has 12 heteroatoms. The summed E-state index contributed by atoms with van der Waals surface area (Å²) >= 11 is 0. The Morgan fingerprint density at radius 3 is 2.38 bits per heavy atom. The fourth-order valence-electron chi connectivity index (χ4n) is 5.92. The number of ether oxygens (including phenoxy) is 1. The van der Waals surface area contributed by atoms with Crippen LogP contribution in [0.5, 0.6) is 0 Å². The number of nitrogens with zero attached hydrogens (tertiary/aromatic N) is 2. The third-order valence-electron chi connectivity index (χ3n) is 7.64. The summed E-state index contributed by atoms with van der Waals surface area (Å²) in [6, 6.07) is 0.897. The molecule has 4 rings (SSSR count). The number of benzene rings is 1. The molecule has 1 saturated heterocycles. The van der Waals surface area contributed by atoms with Crippen molar-refractivity contribution in [2.75, 3.05) is 26.8 Å². The molecule has 2 amide bonds. The molecule has 0 radical (unpaired) electrons. The van der Waals surface area contributed by atoms with E-state index in [1.165, 1.54) is 4.90 Å². The second kappa shape index (κ2) is 10.8. The largest absolute Gasteiger partial charge is 0.471 e. The zero-order valence-electron chi connectivity index (χ0n) is 20.6. The van der Waals surface area contributed by atoms with E-state index in [4.69, 9.17) is 4.74 Å². The molecule has 1 N–H and O–H groups in total. The van der Waals surface area contributed by atoms with Gasteiger partial charge in [0, 0.05) is 50.8 Å². The minimum Gasteiger partial charge on any atom is -0.381 e. The van der Waals surface area contributed by atoms with Crippen molar-refractivity contribution in [3.8, 4) is 0 Å². The number of halogens is 6. The number of hydrogen-bond donors (Lipinski definition) is 1. The van der Waals surface area contributed by atoms with Crippen LogP contribution in [0.2, 0.25) is 0 Å². The topological polar surface area (TPSA) is 61.9 Å². The van der Waals surface area contributed by atoms with Gasteiger partial charge in [0.15, 0.2) is 0 Å². The Kier molecular flexibility index (Phi) is 8.08. The summed E-state index contributed by atoms with van der Waals surface area (Å²) in [5, 5.41) is 2.89. The molecule has 1 aromatic rings. The lowest BCUT2D eigenvalue weighted by molar-refractivity contribution is -0.192. The van der Waals surface area contributed by atoms with Gasteiger partial charge in [-0.15, -0.1) is 0 Å². The molecule has 2 aliphatic heterocycles. The van der Waals surface area contributed by atoms with Crippen LogP contribution in [0.1, 0.15) is 54.4 Å². The van der Waals surface area contributed by atoms with Gasteiger partial charge >= 0.3 is 18.3 Å². The van der Waals surface area contributed by atoms with Crippen LogP contribution in [0.4, 0.5) is 26.3 Å². The van der Waals surface area contributed by atoms with Crippen LogP contribution < -0.4 is 5.32 Å². The lowest BCUT2D eigenvalue weighted by atomic mass is 9.91. The van der Waals surface area contributed by atoms with Crippen molar-refractivity contribution in [1.82, 2.24) is 15.1 Å². The lowest BCUT2D eigenvalue weighted by Gasteiger charge is -2.39. The van der Waals surface area contributed by atoms with Crippen LogP contribution in [0.3, 0.4) is 0 Å². The highest BCUT2D eigenvalue weighted by atomic mass is 19.4. The lowest BCUT2D eigenvalue weighted by Crippen LogP contribution is -2.53. The van der Waals surface area contributed by atoms with Gasteiger partial charge < -0.3 is 19.9 Å². The maximum atomic E-state index is 13.5. The van der Waals surface area contributed by atoms with E-state index < -0.39 is 41.8 Å². The van der Waals surface area contributed by atoms with Gasteiger partial charge in [0.1, 0.15) is 0 Å². The molecule has 1 saturated carbocycles. The van der Waals surface area contributed by atoms with Crippen LogP contribution in [-0.2, 0) is 40.0 Å². The Bertz CT molecular complexity index is 1010. The summed E-state index contributed by atoms with van der Waals surface area (Å²) in [5.41, 5.74) is 0.991. The van der Waals surface area contributed by atoms with Crippen LogP contribution in [0.25, 0.3) is 0 Å². The van der Waals surface area contributed by atoms with Crippen LogP contribution >= 0.6 is 0 Å². The first-order chi connectivity index (χ1) is 17.4. The number of fused-ring (bicyclic) bond motifs is 1. The zero-order valence-corrected chi connectivity index (χ0v) is 20.6. The quantitative estimate of drug-likeness (QED) is 0.579. The van der Waals surface area contributed by atoms with Crippen molar-refractivity contribution in [3.63, 3.8) is 0 Å². The van der Waals surface area contributed by atoms with Gasteiger partial charge in [-0.3, -0.25) is 9.59 Å². The smallest absolute Gasteiger partial charge is 0.381 e. The van der Waals surface area contributed by atoms with E-state index in [-0.39, 0.29) is 45.1 Å². The van der Waals surface area contributed by atoms with E-state index in [2.05, 4.69) is 5.32 Å².